The van der Waals surface area contributed by atoms with Crippen LogP contribution in [0.1, 0.15) is 10.4 Å². The number of benzene rings is 1. The molecule has 102 valence electrons. The van der Waals surface area contributed by atoms with Gasteiger partial charge in [0.05, 0.1) is 13.1 Å². The lowest BCUT2D eigenvalue weighted by Crippen LogP contribution is -2.56. The van der Waals surface area contributed by atoms with Crippen molar-refractivity contribution < 1.29 is 9.53 Å². The molecular weight excluding hydrogens is 276 g/mol. The molecule has 1 amide bonds. The predicted molar refractivity (Wildman–Crippen MR) is 76.0 cm³/mol. The number of nitrogens with zero attached hydrogens (tertiary/aromatic N) is 2. The molecule has 1 aliphatic heterocycles. The van der Waals surface area contributed by atoms with E-state index < -0.39 is 0 Å². The van der Waals surface area contributed by atoms with Gasteiger partial charge in [-0.25, -0.2) is 4.98 Å². The van der Waals surface area contributed by atoms with Crippen molar-refractivity contribution in [3.63, 3.8) is 0 Å². The number of hydrogen-bond donors (Lipinski definition) is 0. The minimum Gasteiger partial charge on any atom is -0.470 e. The zero-order valence-electron chi connectivity index (χ0n) is 10.7. The Morgan fingerprint density at radius 3 is 2.65 bits per heavy atom. The summed E-state index contributed by atoms with van der Waals surface area (Å²) in [5.41, 5.74) is 0.696. The molecule has 1 aromatic heterocycles. The topological polar surface area (TPSA) is 42.4 Å². The highest BCUT2D eigenvalue weighted by molar-refractivity contribution is 6.31. The molecule has 1 aliphatic rings. The van der Waals surface area contributed by atoms with Gasteiger partial charge in [-0.15, -0.1) is 0 Å². The van der Waals surface area contributed by atoms with E-state index in [1.807, 2.05) is 30.3 Å². The van der Waals surface area contributed by atoms with Crippen molar-refractivity contribution in [1.82, 2.24) is 9.88 Å². The van der Waals surface area contributed by atoms with Crippen molar-refractivity contribution in [2.45, 2.75) is 6.10 Å². The fourth-order valence-corrected chi connectivity index (χ4v) is 2.22. The van der Waals surface area contributed by atoms with Gasteiger partial charge in [-0.3, -0.25) is 4.79 Å². The number of ether oxygens (including phenoxy) is 1. The summed E-state index contributed by atoms with van der Waals surface area (Å²) in [6.45, 7) is 1.11. The second-order valence-electron chi connectivity index (χ2n) is 4.61. The maximum Gasteiger partial charge on any atom is 0.254 e. The first-order valence-electron chi connectivity index (χ1n) is 6.35. The molecule has 0 radical (unpaired) electrons. The molecule has 1 fully saturated rings. The number of pyridine rings is 1. The molecule has 4 nitrogen and oxygen atoms in total. The average molecular weight is 289 g/mol. The van der Waals surface area contributed by atoms with Crippen molar-refractivity contribution in [1.29, 1.82) is 0 Å². The van der Waals surface area contributed by atoms with E-state index in [1.54, 1.807) is 23.2 Å². The largest absolute Gasteiger partial charge is 0.470 e. The summed E-state index contributed by atoms with van der Waals surface area (Å²) in [6.07, 6.45) is 1.59. The Labute approximate surface area is 122 Å². The highest BCUT2D eigenvalue weighted by Gasteiger charge is 2.33. The Hall–Kier alpha value is -2.07. The van der Waals surface area contributed by atoms with Gasteiger partial charge in [0.2, 0.25) is 5.88 Å². The maximum atomic E-state index is 12.1. The number of carbonyl (C=O) groups excluding carboxylic acids is 1. The van der Waals surface area contributed by atoms with Gasteiger partial charge in [-0.2, -0.15) is 0 Å². The molecule has 2 heterocycles. The zero-order valence-corrected chi connectivity index (χ0v) is 11.5. The van der Waals surface area contributed by atoms with Crippen molar-refractivity contribution in [3.8, 4) is 5.88 Å². The van der Waals surface area contributed by atoms with Gasteiger partial charge in [-0.05, 0) is 24.3 Å². The van der Waals surface area contributed by atoms with Crippen LogP contribution in [0, 0.1) is 0 Å². The molecular formula is C15H13ClN2O2. The quantitative estimate of drug-likeness (QED) is 0.872. The van der Waals surface area contributed by atoms with Crippen molar-refractivity contribution in [2.24, 2.45) is 0 Å². The molecule has 1 aromatic carbocycles. The smallest absolute Gasteiger partial charge is 0.254 e. The number of hydrogen-bond acceptors (Lipinski definition) is 3. The zero-order chi connectivity index (χ0) is 13.9. The summed E-state index contributed by atoms with van der Waals surface area (Å²) in [5, 5.41) is 0.486. The third-order valence-electron chi connectivity index (χ3n) is 3.16. The second kappa shape index (κ2) is 5.51. The number of rotatable bonds is 3. The van der Waals surface area contributed by atoms with Crippen LogP contribution in [-0.4, -0.2) is 35.0 Å². The number of carbonyl (C=O) groups is 1. The van der Waals surface area contributed by atoms with Crippen LogP contribution < -0.4 is 4.74 Å². The molecule has 0 spiro atoms. The third kappa shape index (κ3) is 2.60. The number of aromatic nitrogens is 1. The van der Waals surface area contributed by atoms with E-state index >= 15 is 0 Å². The van der Waals surface area contributed by atoms with Gasteiger partial charge < -0.3 is 9.64 Å². The Morgan fingerprint density at radius 1 is 1.20 bits per heavy atom. The van der Waals surface area contributed by atoms with Gasteiger partial charge in [0, 0.05) is 11.8 Å². The summed E-state index contributed by atoms with van der Waals surface area (Å²) >= 11 is 5.98. The van der Waals surface area contributed by atoms with Crippen LogP contribution in [0.2, 0.25) is 5.02 Å². The molecule has 0 unspecified atom stereocenters. The predicted octanol–water partition coefficient (Wildman–Crippen LogP) is 2.64. The fraction of sp³-hybridized carbons (Fsp3) is 0.200. The highest BCUT2D eigenvalue weighted by Crippen LogP contribution is 2.24. The fourth-order valence-electron chi connectivity index (χ4n) is 2.06. The van der Waals surface area contributed by atoms with Gasteiger partial charge in [0.1, 0.15) is 11.1 Å². The lowest BCUT2D eigenvalue weighted by molar-refractivity contribution is 0.0160. The van der Waals surface area contributed by atoms with Gasteiger partial charge in [-0.1, -0.05) is 29.8 Å². The van der Waals surface area contributed by atoms with Gasteiger partial charge in [0.25, 0.3) is 5.91 Å². The first kappa shape index (κ1) is 12.9. The molecule has 0 aliphatic carbocycles. The van der Waals surface area contributed by atoms with Crippen molar-refractivity contribution >= 4 is 17.5 Å². The number of halogens is 1. The lowest BCUT2D eigenvalue weighted by atomic mass is 10.1. The summed E-state index contributed by atoms with van der Waals surface area (Å²) in [5.74, 6) is 0.448. The summed E-state index contributed by atoms with van der Waals surface area (Å²) in [6, 6.07) is 12.7. The van der Waals surface area contributed by atoms with Gasteiger partial charge >= 0.3 is 0 Å². The Kier molecular flexibility index (Phi) is 3.56. The Bertz CT molecular complexity index is 612. The highest BCUT2D eigenvalue weighted by atomic mass is 35.5. The maximum absolute atomic E-state index is 12.1. The van der Waals surface area contributed by atoms with Crippen LogP contribution in [0.25, 0.3) is 0 Å². The molecule has 20 heavy (non-hydrogen) atoms. The van der Waals surface area contributed by atoms with Crippen molar-refractivity contribution in [2.75, 3.05) is 13.1 Å². The molecule has 1 saturated heterocycles. The minimum atomic E-state index is -0.0462. The van der Waals surface area contributed by atoms with Crippen LogP contribution >= 0.6 is 11.6 Å². The van der Waals surface area contributed by atoms with E-state index in [2.05, 4.69) is 4.98 Å². The number of amides is 1. The van der Waals surface area contributed by atoms with Crippen LogP contribution in [0.15, 0.2) is 48.7 Å². The SMILES string of the molecule is O=C(c1ccccc1)N1CC(Oc2ncccc2Cl)C1. The molecule has 0 bridgehead atoms. The third-order valence-corrected chi connectivity index (χ3v) is 3.45. The molecule has 0 N–H and O–H groups in total. The van der Waals surface area contributed by atoms with Crippen LogP contribution in [-0.2, 0) is 0 Å². The lowest BCUT2D eigenvalue weighted by Gasteiger charge is -2.38. The van der Waals surface area contributed by atoms with E-state index in [-0.39, 0.29) is 12.0 Å². The normalized spacial score (nSPS) is 14.8. The van der Waals surface area contributed by atoms with Crippen LogP contribution in [0.4, 0.5) is 0 Å². The first-order valence-corrected chi connectivity index (χ1v) is 6.73. The van der Waals surface area contributed by atoms with Crippen LogP contribution in [0.5, 0.6) is 5.88 Å². The van der Waals surface area contributed by atoms with E-state index in [1.165, 1.54) is 0 Å². The Balaban J connectivity index is 1.57. The second-order valence-corrected chi connectivity index (χ2v) is 5.01. The standard InChI is InChI=1S/C15H13ClN2O2/c16-13-7-4-8-17-14(13)20-12-9-18(10-12)15(19)11-5-2-1-3-6-11/h1-8,12H,9-10H2. The Morgan fingerprint density at radius 2 is 1.95 bits per heavy atom. The van der Waals surface area contributed by atoms with E-state index in [4.69, 9.17) is 16.3 Å². The van der Waals surface area contributed by atoms with Gasteiger partial charge in [0.15, 0.2) is 0 Å². The van der Waals surface area contributed by atoms with E-state index in [0.29, 0.717) is 29.6 Å². The van der Waals surface area contributed by atoms with Crippen molar-refractivity contribution in [3.05, 3.63) is 59.2 Å². The summed E-state index contributed by atoms with van der Waals surface area (Å²) < 4.78 is 5.66. The summed E-state index contributed by atoms with van der Waals surface area (Å²) in [7, 11) is 0. The first-order chi connectivity index (χ1) is 9.74. The van der Waals surface area contributed by atoms with E-state index in [9.17, 15) is 4.79 Å². The number of likely N-dealkylation sites (tertiary alicyclic amines) is 1. The molecule has 2 aromatic rings. The molecule has 0 saturated carbocycles. The monoisotopic (exact) mass is 288 g/mol. The molecule has 0 atom stereocenters. The minimum absolute atomic E-state index is 0.0255. The van der Waals surface area contributed by atoms with E-state index in [0.717, 1.165) is 0 Å². The average Bonchev–Trinajstić information content (AvgIpc) is 2.44. The summed E-state index contributed by atoms with van der Waals surface area (Å²) in [4.78, 5) is 17.9. The molecule has 3 rings (SSSR count). The van der Waals surface area contributed by atoms with Crippen LogP contribution in [0.3, 0.4) is 0 Å². The molecule has 5 heteroatoms.